The molecule has 0 atom stereocenters. The number of nitrogens with one attached hydrogen (secondary N) is 2. The number of methoxy groups -OCH3 is 1. The van der Waals surface area contributed by atoms with Gasteiger partial charge in [0.15, 0.2) is 5.11 Å². The molecule has 19 heavy (non-hydrogen) atoms. The Morgan fingerprint density at radius 2 is 2.11 bits per heavy atom. The van der Waals surface area contributed by atoms with Crippen molar-refractivity contribution in [2.24, 2.45) is 0 Å². The Balaban J connectivity index is 2.31. The lowest BCUT2D eigenvalue weighted by Gasteiger charge is -2.18. The van der Waals surface area contributed by atoms with Crippen LogP contribution >= 0.6 is 24.0 Å². The van der Waals surface area contributed by atoms with Crippen LogP contribution < -0.4 is 15.4 Å². The van der Waals surface area contributed by atoms with E-state index < -0.39 is 0 Å². The number of anilines is 1. The summed E-state index contributed by atoms with van der Waals surface area (Å²) < 4.78 is 5.46. The maximum Gasteiger partial charge on any atom is 0.170 e. The summed E-state index contributed by atoms with van der Waals surface area (Å²) in [6.45, 7) is 7.50. The minimum Gasteiger partial charge on any atom is -0.497 e. The van der Waals surface area contributed by atoms with Gasteiger partial charge in [0.25, 0.3) is 0 Å². The second kappa shape index (κ2) is 7.60. The molecule has 0 heterocycles. The maximum atomic E-state index is 5.25. The Hall–Kier alpha value is -0.940. The molecule has 1 aromatic carbocycles. The lowest BCUT2D eigenvalue weighted by atomic mass is 10.3. The molecule has 0 amide bonds. The third-order valence-electron chi connectivity index (χ3n) is 2.25. The van der Waals surface area contributed by atoms with Crippen molar-refractivity contribution in [1.82, 2.24) is 5.32 Å². The number of hydrogen-bond acceptors (Lipinski definition) is 3. The van der Waals surface area contributed by atoms with Crippen LogP contribution in [0.2, 0.25) is 0 Å². The van der Waals surface area contributed by atoms with Crippen molar-refractivity contribution in [3.05, 3.63) is 24.3 Å². The third-order valence-corrected chi connectivity index (χ3v) is 3.77. The predicted octanol–water partition coefficient (Wildman–Crippen LogP) is 3.51. The molecule has 0 saturated heterocycles. The van der Waals surface area contributed by atoms with Crippen LogP contribution in [-0.4, -0.2) is 29.3 Å². The second-order valence-electron chi connectivity index (χ2n) is 5.07. The molecule has 106 valence electrons. The molecule has 0 saturated carbocycles. The van der Waals surface area contributed by atoms with Crippen molar-refractivity contribution in [3.63, 3.8) is 0 Å². The highest BCUT2D eigenvalue weighted by atomic mass is 32.2. The molecule has 0 spiro atoms. The fraction of sp³-hybridized carbons (Fsp3) is 0.500. The molecule has 0 radical (unpaired) electrons. The van der Waals surface area contributed by atoms with Gasteiger partial charge in [0.1, 0.15) is 5.75 Å². The summed E-state index contributed by atoms with van der Waals surface area (Å²) in [4.78, 5) is 0. The molecule has 5 heteroatoms. The second-order valence-corrected chi connectivity index (χ2v) is 7.40. The smallest absolute Gasteiger partial charge is 0.170 e. The lowest BCUT2D eigenvalue weighted by Crippen LogP contribution is -2.30. The first-order valence-corrected chi connectivity index (χ1v) is 7.63. The Bertz CT molecular complexity index is 416. The van der Waals surface area contributed by atoms with Gasteiger partial charge in [0.2, 0.25) is 0 Å². The van der Waals surface area contributed by atoms with Crippen LogP contribution in [0.3, 0.4) is 0 Å². The van der Waals surface area contributed by atoms with E-state index in [1.165, 1.54) is 0 Å². The van der Waals surface area contributed by atoms with Gasteiger partial charge in [0.05, 0.1) is 7.11 Å². The molecular weight excluding hydrogens is 276 g/mol. The normalized spacial score (nSPS) is 10.9. The van der Waals surface area contributed by atoms with Gasteiger partial charge in [-0.05, 0) is 24.4 Å². The average molecular weight is 298 g/mol. The molecule has 0 aliphatic heterocycles. The Kier molecular flexibility index (Phi) is 6.45. The summed E-state index contributed by atoms with van der Waals surface area (Å²) in [5.74, 6) is 1.85. The maximum absolute atomic E-state index is 5.25. The zero-order valence-corrected chi connectivity index (χ0v) is 13.6. The zero-order chi connectivity index (χ0) is 14.3. The van der Waals surface area contributed by atoms with Crippen LogP contribution in [0, 0.1) is 0 Å². The number of thioether (sulfide) groups is 1. The molecule has 0 bridgehead atoms. The van der Waals surface area contributed by atoms with Gasteiger partial charge in [-0.25, -0.2) is 0 Å². The first-order chi connectivity index (χ1) is 8.90. The first kappa shape index (κ1) is 16.1. The quantitative estimate of drug-likeness (QED) is 0.642. The highest BCUT2D eigenvalue weighted by molar-refractivity contribution is 8.00. The number of benzene rings is 1. The van der Waals surface area contributed by atoms with Crippen molar-refractivity contribution in [2.75, 3.05) is 24.7 Å². The standard InChI is InChI=1S/C14H22N2OS2/c1-14(2,3)19-9-8-15-13(18)16-11-6-5-7-12(10-11)17-4/h5-7,10H,8-9H2,1-4H3,(H2,15,16,18). The molecular formula is C14H22N2OS2. The molecule has 0 aromatic heterocycles. The summed E-state index contributed by atoms with van der Waals surface area (Å²) in [7, 11) is 1.65. The van der Waals surface area contributed by atoms with Crippen LogP contribution in [0.4, 0.5) is 5.69 Å². The minimum atomic E-state index is 0.295. The van der Waals surface area contributed by atoms with Gasteiger partial charge in [-0.15, -0.1) is 0 Å². The van der Waals surface area contributed by atoms with Gasteiger partial charge in [0, 0.05) is 28.8 Å². The average Bonchev–Trinajstić information content (AvgIpc) is 2.34. The topological polar surface area (TPSA) is 33.3 Å². The van der Waals surface area contributed by atoms with Gasteiger partial charge in [-0.2, -0.15) is 11.8 Å². The molecule has 0 unspecified atom stereocenters. The van der Waals surface area contributed by atoms with Crippen LogP contribution in [0.15, 0.2) is 24.3 Å². The van der Waals surface area contributed by atoms with E-state index in [0.29, 0.717) is 9.86 Å². The van der Waals surface area contributed by atoms with Crippen molar-refractivity contribution < 1.29 is 4.74 Å². The fourth-order valence-corrected chi connectivity index (χ4v) is 2.43. The number of rotatable bonds is 5. The largest absolute Gasteiger partial charge is 0.497 e. The molecule has 1 aromatic rings. The van der Waals surface area contributed by atoms with Gasteiger partial charge >= 0.3 is 0 Å². The third kappa shape index (κ3) is 7.28. The zero-order valence-electron chi connectivity index (χ0n) is 11.9. The van der Waals surface area contributed by atoms with Crippen molar-refractivity contribution in [2.45, 2.75) is 25.5 Å². The summed E-state index contributed by atoms with van der Waals surface area (Å²) in [6.07, 6.45) is 0. The number of ether oxygens (including phenoxy) is 1. The molecule has 3 nitrogen and oxygen atoms in total. The molecule has 0 aliphatic rings. The molecule has 1 rings (SSSR count). The number of hydrogen-bond donors (Lipinski definition) is 2. The van der Waals surface area contributed by atoms with E-state index in [-0.39, 0.29) is 0 Å². The first-order valence-electron chi connectivity index (χ1n) is 6.23. The Labute approximate surface area is 125 Å². The van der Waals surface area contributed by atoms with Crippen molar-refractivity contribution >= 4 is 34.8 Å². The van der Waals surface area contributed by atoms with Gasteiger partial charge in [-0.3, -0.25) is 0 Å². The minimum absolute atomic E-state index is 0.295. The molecule has 0 aliphatic carbocycles. The van der Waals surface area contributed by atoms with Crippen LogP contribution in [0.25, 0.3) is 0 Å². The number of thiocarbonyl (C=S) groups is 1. The van der Waals surface area contributed by atoms with Crippen LogP contribution in [0.1, 0.15) is 20.8 Å². The summed E-state index contributed by atoms with van der Waals surface area (Å²) >= 11 is 7.17. The molecule has 0 fully saturated rings. The fourth-order valence-electron chi connectivity index (χ4n) is 1.40. The van der Waals surface area contributed by atoms with E-state index in [0.717, 1.165) is 23.7 Å². The van der Waals surface area contributed by atoms with E-state index in [2.05, 4.69) is 31.4 Å². The van der Waals surface area contributed by atoms with Crippen molar-refractivity contribution in [1.29, 1.82) is 0 Å². The Morgan fingerprint density at radius 1 is 1.37 bits per heavy atom. The monoisotopic (exact) mass is 298 g/mol. The highest BCUT2D eigenvalue weighted by Gasteiger charge is 2.09. The summed E-state index contributed by atoms with van der Waals surface area (Å²) in [5.41, 5.74) is 0.931. The van der Waals surface area contributed by atoms with E-state index in [9.17, 15) is 0 Å². The molecule has 2 N–H and O–H groups in total. The van der Waals surface area contributed by atoms with Gasteiger partial charge in [-0.1, -0.05) is 26.8 Å². The summed E-state index contributed by atoms with van der Waals surface area (Å²) in [6, 6.07) is 7.71. The summed E-state index contributed by atoms with van der Waals surface area (Å²) in [5, 5.41) is 6.99. The SMILES string of the molecule is COc1cccc(NC(=S)NCCSC(C)(C)C)c1. The van der Waals surface area contributed by atoms with Crippen LogP contribution in [0.5, 0.6) is 5.75 Å². The lowest BCUT2D eigenvalue weighted by molar-refractivity contribution is 0.415. The predicted molar refractivity (Wildman–Crippen MR) is 89.4 cm³/mol. The van der Waals surface area contributed by atoms with Crippen LogP contribution in [-0.2, 0) is 0 Å². The van der Waals surface area contributed by atoms with E-state index >= 15 is 0 Å². The van der Waals surface area contributed by atoms with E-state index in [4.69, 9.17) is 17.0 Å². The Morgan fingerprint density at radius 3 is 2.74 bits per heavy atom. The van der Waals surface area contributed by atoms with E-state index in [1.54, 1.807) is 7.11 Å². The van der Waals surface area contributed by atoms with Crippen molar-refractivity contribution in [3.8, 4) is 5.75 Å². The van der Waals surface area contributed by atoms with E-state index in [1.807, 2.05) is 36.0 Å². The van der Waals surface area contributed by atoms with Gasteiger partial charge < -0.3 is 15.4 Å². The highest BCUT2D eigenvalue weighted by Crippen LogP contribution is 2.22.